The Kier molecular flexibility index (Phi) is 5.49. The molecule has 0 amide bonds. The molecule has 4 heteroatoms. The molecule has 0 radical (unpaired) electrons. The lowest BCUT2D eigenvalue weighted by atomic mass is 10.1. The highest BCUT2D eigenvalue weighted by atomic mass is 32.2. The highest BCUT2D eigenvalue weighted by molar-refractivity contribution is 7.98. The van der Waals surface area contributed by atoms with Crippen molar-refractivity contribution in [3.05, 3.63) is 17.7 Å². The number of benzene rings is 1. The summed E-state index contributed by atoms with van der Waals surface area (Å²) >= 11 is 1.68. The Morgan fingerprint density at radius 1 is 1.19 bits per heavy atom. The van der Waals surface area contributed by atoms with E-state index in [1.54, 1.807) is 26.0 Å². The molecule has 0 aliphatic rings. The van der Waals surface area contributed by atoms with Crippen molar-refractivity contribution >= 4 is 11.8 Å². The van der Waals surface area contributed by atoms with Crippen molar-refractivity contribution in [3.63, 3.8) is 0 Å². The van der Waals surface area contributed by atoms with Crippen LogP contribution in [0.4, 0.5) is 0 Å². The summed E-state index contributed by atoms with van der Waals surface area (Å²) in [5.74, 6) is 1.74. The van der Waals surface area contributed by atoms with E-state index in [4.69, 9.17) is 15.2 Å². The van der Waals surface area contributed by atoms with Crippen LogP contribution in [-0.4, -0.2) is 27.0 Å². The number of rotatable bonds is 6. The lowest BCUT2D eigenvalue weighted by molar-refractivity contribution is 0.384. The fourth-order valence-electron chi connectivity index (χ4n) is 1.58. The molecule has 1 aromatic carbocycles. The summed E-state index contributed by atoms with van der Waals surface area (Å²) in [6.45, 7) is 0.698. The summed E-state index contributed by atoms with van der Waals surface area (Å²) in [7, 11) is 3.35. The first kappa shape index (κ1) is 13.2. The first-order valence-corrected chi connectivity index (χ1v) is 6.48. The second kappa shape index (κ2) is 6.66. The lowest BCUT2D eigenvalue weighted by Gasteiger charge is -2.13. The number of hydrogen-bond donors (Lipinski definition) is 1. The molecule has 3 nitrogen and oxygen atoms in total. The molecule has 0 fully saturated rings. The zero-order valence-corrected chi connectivity index (χ0v) is 10.9. The molecule has 0 heterocycles. The highest BCUT2D eigenvalue weighted by Crippen LogP contribution is 2.34. The van der Waals surface area contributed by atoms with Crippen LogP contribution in [0.5, 0.6) is 11.5 Å². The van der Waals surface area contributed by atoms with Gasteiger partial charge < -0.3 is 15.2 Å². The van der Waals surface area contributed by atoms with Crippen molar-refractivity contribution in [2.75, 3.05) is 27.0 Å². The molecule has 90 valence electrons. The van der Waals surface area contributed by atoms with Crippen LogP contribution in [0.1, 0.15) is 12.0 Å². The lowest BCUT2D eigenvalue weighted by Crippen LogP contribution is -2.02. The number of hydrogen-bond acceptors (Lipinski definition) is 4. The van der Waals surface area contributed by atoms with E-state index >= 15 is 0 Å². The van der Waals surface area contributed by atoms with Crippen molar-refractivity contribution in [2.45, 2.75) is 17.7 Å². The Morgan fingerprint density at radius 3 is 2.38 bits per heavy atom. The minimum atomic E-state index is 0.698. The van der Waals surface area contributed by atoms with E-state index in [1.165, 1.54) is 5.56 Å². The Balaban J connectivity index is 3.05. The standard InChI is InChI=1S/C12H19NO2S/c1-14-10-8-11(15-2)12(16-3)7-9(10)5-4-6-13/h7-8H,4-6,13H2,1-3H3. The molecule has 0 spiro atoms. The molecule has 1 aromatic rings. The molecule has 0 atom stereocenters. The van der Waals surface area contributed by atoms with Crippen LogP contribution < -0.4 is 15.2 Å². The SMILES string of the molecule is COc1cc(OC)c(SC)cc1CCCN. The van der Waals surface area contributed by atoms with Gasteiger partial charge in [-0.3, -0.25) is 0 Å². The van der Waals surface area contributed by atoms with Crippen LogP contribution in [-0.2, 0) is 6.42 Å². The van der Waals surface area contributed by atoms with Gasteiger partial charge in [0.15, 0.2) is 0 Å². The average Bonchev–Trinajstić information content (AvgIpc) is 2.35. The van der Waals surface area contributed by atoms with Gasteiger partial charge in [-0.2, -0.15) is 0 Å². The number of ether oxygens (including phenoxy) is 2. The molecular weight excluding hydrogens is 222 g/mol. The van der Waals surface area contributed by atoms with Crippen molar-refractivity contribution in [1.82, 2.24) is 0 Å². The molecule has 0 saturated carbocycles. The Hall–Kier alpha value is -0.870. The molecule has 0 aliphatic heterocycles. The minimum absolute atomic E-state index is 0.698. The summed E-state index contributed by atoms with van der Waals surface area (Å²) in [5.41, 5.74) is 6.72. The summed E-state index contributed by atoms with van der Waals surface area (Å²) in [6, 6.07) is 4.07. The second-order valence-electron chi connectivity index (χ2n) is 3.41. The van der Waals surface area contributed by atoms with Crippen molar-refractivity contribution in [3.8, 4) is 11.5 Å². The van der Waals surface area contributed by atoms with Crippen LogP contribution in [0, 0.1) is 0 Å². The maximum atomic E-state index is 5.52. The Morgan fingerprint density at radius 2 is 1.88 bits per heavy atom. The Labute approximate surface area is 101 Å². The van der Waals surface area contributed by atoms with Gasteiger partial charge in [-0.15, -0.1) is 11.8 Å². The molecule has 0 unspecified atom stereocenters. The van der Waals surface area contributed by atoms with E-state index in [0.29, 0.717) is 6.54 Å². The fourth-order valence-corrected chi connectivity index (χ4v) is 2.18. The highest BCUT2D eigenvalue weighted by Gasteiger charge is 2.10. The van der Waals surface area contributed by atoms with Gasteiger partial charge in [-0.05, 0) is 37.3 Å². The van der Waals surface area contributed by atoms with Crippen LogP contribution in [0.25, 0.3) is 0 Å². The van der Waals surface area contributed by atoms with Gasteiger partial charge in [0.1, 0.15) is 11.5 Å². The first-order chi connectivity index (χ1) is 7.76. The van der Waals surface area contributed by atoms with Crippen molar-refractivity contribution in [1.29, 1.82) is 0 Å². The summed E-state index contributed by atoms with van der Waals surface area (Å²) in [5, 5.41) is 0. The van der Waals surface area contributed by atoms with Gasteiger partial charge in [-0.25, -0.2) is 0 Å². The molecular formula is C12H19NO2S. The van der Waals surface area contributed by atoms with Gasteiger partial charge in [-0.1, -0.05) is 0 Å². The molecule has 2 N–H and O–H groups in total. The van der Waals surface area contributed by atoms with Crippen LogP contribution in [0.15, 0.2) is 17.0 Å². The number of nitrogens with two attached hydrogens (primary N) is 1. The maximum Gasteiger partial charge on any atom is 0.136 e. The average molecular weight is 241 g/mol. The number of methoxy groups -OCH3 is 2. The minimum Gasteiger partial charge on any atom is -0.496 e. The van der Waals surface area contributed by atoms with Crippen LogP contribution >= 0.6 is 11.8 Å². The molecule has 0 bridgehead atoms. The molecule has 0 saturated heterocycles. The zero-order valence-electron chi connectivity index (χ0n) is 10.1. The van der Waals surface area contributed by atoms with E-state index in [0.717, 1.165) is 29.2 Å². The summed E-state index contributed by atoms with van der Waals surface area (Å²) in [4.78, 5) is 1.13. The van der Waals surface area contributed by atoms with Gasteiger partial charge in [0.2, 0.25) is 0 Å². The third kappa shape index (κ3) is 3.06. The van der Waals surface area contributed by atoms with E-state index in [1.807, 2.05) is 12.3 Å². The van der Waals surface area contributed by atoms with E-state index in [2.05, 4.69) is 6.07 Å². The maximum absolute atomic E-state index is 5.52. The normalized spacial score (nSPS) is 10.2. The van der Waals surface area contributed by atoms with Crippen molar-refractivity contribution in [2.24, 2.45) is 5.73 Å². The third-order valence-corrected chi connectivity index (χ3v) is 3.20. The van der Waals surface area contributed by atoms with Gasteiger partial charge >= 0.3 is 0 Å². The third-order valence-electron chi connectivity index (χ3n) is 2.44. The zero-order chi connectivity index (χ0) is 12.0. The quantitative estimate of drug-likeness (QED) is 0.776. The largest absolute Gasteiger partial charge is 0.496 e. The van der Waals surface area contributed by atoms with Gasteiger partial charge in [0.25, 0.3) is 0 Å². The fraction of sp³-hybridized carbons (Fsp3) is 0.500. The summed E-state index contributed by atoms with van der Waals surface area (Å²) < 4.78 is 10.7. The van der Waals surface area contributed by atoms with Crippen LogP contribution in [0.2, 0.25) is 0 Å². The summed E-state index contributed by atoms with van der Waals surface area (Å²) in [6.07, 6.45) is 3.95. The van der Waals surface area contributed by atoms with Crippen LogP contribution in [0.3, 0.4) is 0 Å². The van der Waals surface area contributed by atoms with E-state index in [-0.39, 0.29) is 0 Å². The smallest absolute Gasteiger partial charge is 0.136 e. The van der Waals surface area contributed by atoms with E-state index in [9.17, 15) is 0 Å². The first-order valence-electron chi connectivity index (χ1n) is 5.25. The number of aryl methyl sites for hydroxylation is 1. The molecule has 1 rings (SSSR count). The monoisotopic (exact) mass is 241 g/mol. The number of thioether (sulfide) groups is 1. The molecule has 0 aromatic heterocycles. The topological polar surface area (TPSA) is 44.5 Å². The second-order valence-corrected chi connectivity index (χ2v) is 4.26. The van der Waals surface area contributed by atoms with Gasteiger partial charge in [0, 0.05) is 11.0 Å². The van der Waals surface area contributed by atoms with Crippen molar-refractivity contribution < 1.29 is 9.47 Å². The van der Waals surface area contributed by atoms with E-state index < -0.39 is 0 Å². The molecule has 0 aliphatic carbocycles. The predicted octanol–water partition coefficient (Wildman–Crippen LogP) is 2.32. The molecule has 16 heavy (non-hydrogen) atoms. The Bertz CT molecular complexity index is 342. The van der Waals surface area contributed by atoms with Gasteiger partial charge in [0.05, 0.1) is 14.2 Å². The predicted molar refractivity (Wildman–Crippen MR) is 68.7 cm³/mol.